The Morgan fingerprint density at radius 2 is 2.27 bits per heavy atom. The molecule has 1 aromatic carbocycles. The van der Waals surface area contributed by atoms with Crippen LogP contribution in [0.3, 0.4) is 0 Å². The van der Waals surface area contributed by atoms with Crippen LogP contribution in [0.5, 0.6) is 0 Å². The number of rotatable bonds is 4. The van der Waals surface area contributed by atoms with Crippen LogP contribution in [0.2, 0.25) is 10.0 Å². The number of benzene rings is 1. The Balaban J connectivity index is 2.88. The molecule has 1 nitrogen and oxygen atoms in total. The molecule has 0 heterocycles. The van der Waals surface area contributed by atoms with Crippen molar-refractivity contribution >= 4 is 52.3 Å². The van der Waals surface area contributed by atoms with Crippen molar-refractivity contribution in [1.29, 1.82) is 0 Å². The maximum absolute atomic E-state index is 6.05. The Bertz CT molecular complexity index is 389. The number of aliphatic imine (C=N–C) groups is 1. The van der Waals surface area contributed by atoms with E-state index in [9.17, 15) is 0 Å². The molecular weight excluding hydrogens is 269 g/mol. The van der Waals surface area contributed by atoms with Crippen molar-refractivity contribution in [2.45, 2.75) is 23.6 Å². The van der Waals surface area contributed by atoms with Gasteiger partial charge in [-0.15, -0.1) is 0 Å². The summed E-state index contributed by atoms with van der Waals surface area (Å²) in [7, 11) is 0. The summed E-state index contributed by atoms with van der Waals surface area (Å²) in [5.74, 6) is 0. The Kier molecular flexibility index (Phi) is 5.65. The lowest BCUT2D eigenvalue weighted by atomic mass is 10.4. The average Bonchev–Trinajstić information content (AvgIpc) is 2.24. The second-order valence-electron chi connectivity index (χ2n) is 2.75. The lowest BCUT2D eigenvalue weighted by Crippen LogP contribution is -1.95. The first-order chi connectivity index (χ1) is 7.19. The van der Waals surface area contributed by atoms with Gasteiger partial charge in [0.1, 0.15) is 5.37 Å². The van der Waals surface area contributed by atoms with Crippen molar-refractivity contribution < 1.29 is 0 Å². The molecule has 5 heteroatoms. The van der Waals surface area contributed by atoms with Crippen LogP contribution in [-0.2, 0) is 0 Å². The molecule has 0 saturated carbocycles. The molecule has 0 radical (unpaired) electrons. The van der Waals surface area contributed by atoms with Gasteiger partial charge in [-0.25, -0.2) is 4.99 Å². The molecule has 1 aromatic rings. The number of hydrogen-bond acceptors (Lipinski definition) is 3. The van der Waals surface area contributed by atoms with Gasteiger partial charge in [0.25, 0.3) is 0 Å². The van der Waals surface area contributed by atoms with Gasteiger partial charge in [0.2, 0.25) is 0 Å². The van der Waals surface area contributed by atoms with Gasteiger partial charge in [0.05, 0.1) is 15.2 Å². The topological polar surface area (TPSA) is 12.4 Å². The highest BCUT2D eigenvalue weighted by molar-refractivity contribution is 8.00. The largest absolute Gasteiger partial charge is 0.218 e. The molecule has 1 unspecified atom stereocenters. The summed E-state index contributed by atoms with van der Waals surface area (Å²) in [5, 5.41) is 3.57. The lowest BCUT2D eigenvalue weighted by molar-refractivity contribution is 0.876. The van der Waals surface area contributed by atoms with Crippen LogP contribution in [0.4, 0.5) is 0 Å². The molecule has 0 aliphatic heterocycles. The summed E-state index contributed by atoms with van der Waals surface area (Å²) in [6.45, 7) is 2.03. The van der Waals surface area contributed by atoms with Crippen molar-refractivity contribution in [2.24, 2.45) is 4.99 Å². The zero-order chi connectivity index (χ0) is 11.3. The van der Waals surface area contributed by atoms with Gasteiger partial charge in [-0.2, -0.15) is 0 Å². The summed E-state index contributed by atoms with van der Waals surface area (Å²) < 4.78 is 0. The third-order valence-corrected chi connectivity index (χ3v) is 4.07. The standard InChI is InChI=1S/C10H9Cl2NS2/c1-2-9(13-6-14)15-8-5-3-4-7(11)10(8)12/h3-5,9H,2H2,1H3. The van der Waals surface area contributed by atoms with Crippen LogP contribution < -0.4 is 0 Å². The minimum Gasteiger partial charge on any atom is -0.218 e. The van der Waals surface area contributed by atoms with E-state index in [0.29, 0.717) is 10.0 Å². The van der Waals surface area contributed by atoms with E-state index >= 15 is 0 Å². The zero-order valence-electron chi connectivity index (χ0n) is 8.04. The normalized spacial score (nSPS) is 11.9. The summed E-state index contributed by atoms with van der Waals surface area (Å²) in [5.41, 5.74) is 0. The SMILES string of the molecule is CCC(N=C=S)Sc1cccc(Cl)c1Cl. The maximum atomic E-state index is 6.05. The van der Waals surface area contributed by atoms with E-state index in [0.717, 1.165) is 11.3 Å². The third kappa shape index (κ3) is 3.78. The van der Waals surface area contributed by atoms with Crippen molar-refractivity contribution in [3.63, 3.8) is 0 Å². The number of thioether (sulfide) groups is 1. The highest BCUT2D eigenvalue weighted by Crippen LogP contribution is 2.36. The van der Waals surface area contributed by atoms with E-state index in [1.54, 1.807) is 17.8 Å². The van der Waals surface area contributed by atoms with E-state index in [1.807, 2.05) is 19.1 Å². The third-order valence-electron chi connectivity index (χ3n) is 1.73. The van der Waals surface area contributed by atoms with Crippen molar-refractivity contribution in [1.82, 2.24) is 0 Å². The number of nitrogens with zero attached hydrogens (tertiary/aromatic N) is 1. The maximum Gasteiger partial charge on any atom is 0.110 e. The Morgan fingerprint density at radius 3 is 2.87 bits per heavy atom. The number of thiocarbonyl (C=S) groups is 1. The molecule has 15 heavy (non-hydrogen) atoms. The number of isothiocyanates is 1. The molecule has 0 spiro atoms. The van der Waals surface area contributed by atoms with E-state index in [1.165, 1.54) is 0 Å². The molecule has 80 valence electrons. The minimum absolute atomic E-state index is 0.0541. The van der Waals surface area contributed by atoms with Gasteiger partial charge < -0.3 is 0 Å². The molecule has 0 aliphatic carbocycles. The first-order valence-corrected chi connectivity index (χ1v) is 6.41. The zero-order valence-corrected chi connectivity index (χ0v) is 11.2. The number of hydrogen-bond donors (Lipinski definition) is 0. The fourth-order valence-electron chi connectivity index (χ4n) is 0.981. The monoisotopic (exact) mass is 277 g/mol. The molecule has 0 N–H and O–H groups in total. The van der Waals surface area contributed by atoms with E-state index in [-0.39, 0.29) is 5.37 Å². The Labute approximate surface area is 109 Å². The van der Waals surface area contributed by atoms with Crippen LogP contribution in [0.1, 0.15) is 13.3 Å². The summed E-state index contributed by atoms with van der Waals surface area (Å²) in [6, 6.07) is 5.54. The quantitative estimate of drug-likeness (QED) is 0.440. The van der Waals surface area contributed by atoms with Crippen LogP contribution in [0.25, 0.3) is 0 Å². The van der Waals surface area contributed by atoms with Crippen LogP contribution in [0, 0.1) is 0 Å². The second-order valence-corrected chi connectivity index (χ2v) is 4.94. The molecule has 0 saturated heterocycles. The van der Waals surface area contributed by atoms with E-state index in [4.69, 9.17) is 23.2 Å². The van der Waals surface area contributed by atoms with Crippen molar-refractivity contribution in [2.75, 3.05) is 0 Å². The summed E-state index contributed by atoms with van der Waals surface area (Å²) >= 11 is 18.1. The first kappa shape index (κ1) is 13.0. The second kappa shape index (κ2) is 6.51. The molecule has 0 amide bonds. The molecular formula is C10H9Cl2NS2. The number of halogens is 2. The average molecular weight is 278 g/mol. The lowest BCUT2D eigenvalue weighted by Gasteiger charge is -2.09. The highest BCUT2D eigenvalue weighted by atomic mass is 35.5. The van der Waals surface area contributed by atoms with Gasteiger partial charge in [-0.3, -0.25) is 0 Å². The summed E-state index contributed by atoms with van der Waals surface area (Å²) in [4.78, 5) is 4.96. The first-order valence-electron chi connectivity index (χ1n) is 4.36. The van der Waals surface area contributed by atoms with E-state index < -0.39 is 0 Å². The van der Waals surface area contributed by atoms with E-state index in [2.05, 4.69) is 22.4 Å². The van der Waals surface area contributed by atoms with Crippen LogP contribution in [0.15, 0.2) is 28.1 Å². The van der Waals surface area contributed by atoms with Gasteiger partial charge in [-0.05, 0) is 30.8 Å². The highest BCUT2D eigenvalue weighted by Gasteiger charge is 2.10. The Morgan fingerprint density at radius 1 is 1.53 bits per heavy atom. The van der Waals surface area contributed by atoms with Gasteiger partial charge in [0.15, 0.2) is 0 Å². The fourth-order valence-corrected chi connectivity index (χ4v) is 2.60. The predicted molar refractivity (Wildman–Crippen MR) is 71.4 cm³/mol. The van der Waals surface area contributed by atoms with Gasteiger partial charge in [0, 0.05) is 4.90 Å². The smallest absolute Gasteiger partial charge is 0.110 e. The fraction of sp³-hybridized carbons (Fsp3) is 0.300. The van der Waals surface area contributed by atoms with Gasteiger partial charge >= 0.3 is 0 Å². The Hall–Kier alpha value is -0.0500. The molecule has 0 aliphatic rings. The molecule has 1 atom stereocenters. The van der Waals surface area contributed by atoms with Gasteiger partial charge in [-0.1, -0.05) is 48.0 Å². The van der Waals surface area contributed by atoms with Crippen molar-refractivity contribution in [3.8, 4) is 0 Å². The predicted octanol–water partition coefficient (Wildman–Crippen LogP) is 4.92. The van der Waals surface area contributed by atoms with Crippen LogP contribution in [-0.4, -0.2) is 10.5 Å². The van der Waals surface area contributed by atoms with Crippen molar-refractivity contribution in [3.05, 3.63) is 28.2 Å². The molecule has 1 rings (SSSR count). The minimum atomic E-state index is 0.0541. The molecule has 0 fully saturated rings. The van der Waals surface area contributed by atoms with Crippen LogP contribution >= 0.6 is 47.2 Å². The molecule has 0 aromatic heterocycles. The molecule has 0 bridgehead atoms. The summed E-state index contributed by atoms with van der Waals surface area (Å²) in [6.07, 6.45) is 0.872.